The van der Waals surface area contributed by atoms with Crippen LogP contribution in [0.1, 0.15) is 28.7 Å². The van der Waals surface area contributed by atoms with Gasteiger partial charge in [0.05, 0.1) is 17.4 Å². The molecule has 2 aliphatic rings. The number of aliphatic hydroxyl groups is 1. The molecule has 2 aromatic carbocycles. The Hall–Kier alpha value is -2.54. The molecule has 0 aliphatic carbocycles. The van der Waals surface area contributed by atoms with Crippen LogP contribution in [0.5, 0.6) is 0 Å². The van der Waals surface area contributed by atoms with Crippen LogP contribution in [0.2, 0.25) is 0 Å². The molecule has 1 atom stereocenters. The Kier molecular flexibility index (Phi) is 3.02. The summed E-state index contributed by atoms with van der Waals surface area (Å²) < 4.78 is 0. The van der Waals surface area contributed by atoms with Gasteiger partial charge in [-0.25, -0.2) is 15.4 Å². The van der Waals surface area contributed by atoms with E-state index in [0.29, 0.717) is 6.54 Å². The third-order valence-electron chi connectivity index (χ3n) is 4.70. The molecule has 0 radical (unpaired) electrons. The van der Waals surface area contributed by atoms with Gasteiger partial charge in [0.1, 0.15) is 12.1 Å². The van der Waals surface area contributed by atoms with Crippen LogP contribution in [0.25, 0.3) is 10.9 Å². The lowest BCUT2D eigenvalue weighted by Gasteiger charge is -2.24. The molecule has 6 heteroatoms. The van der Waals surface area contributed by atoms with Crippen LogP contribution in [-0.2, 0) is 19.6 Å². The highest BCUT2D eigenvalue weighted by atomic mass is 16.3. The van der Waals surface area contributed by atoms with Crippen LogP contribution < -0.4 is 10.9 Å². The van der Waals surface area contributed by atoms with Crippen molar-refractivity contribution in [1.29, 1.82) is 0 Å². The maximum Gasteiger partial charge on any atom is 0.152 e. The van der Waals surface area contributed by atoms with Gasteiger partial charge in [0.25, 0.3) is 0 Å². The van der Waals surface area contributed by atoms with Crippen LogP contribution in [-0.4, -0.2) is 20.0 Å². The predicted molar refractivity (Wildman–Crippen MR) is 90.6 cm³/mol. The van der Waals surface area contributed by atoms with Gasteiger partial charge in [0.2, 0.25) is 0 Å². The minimum absolute atomic E-state index is 0.700. The molecular weight excluding hydrogens is 302 g/mol. The predicted octanol–water partition coefficient (Wildman–Crippen LogP) is 2.07. The van der Waals surface area contributed by atoms with Gasteiger partial charge in [-0.1, -0.05) is 36.4 Å². The summed E-state index contributed by atoms with van der Waals surface area (Å²) in [6.07, 6.45) is -0.747. The molecule has 0 fully saturated rings. The van der Waals surface area contributed by atoms with E-state index in [4.69, 9.17) is 4.98 Å². The first-order valence-electron chi connectivity index (χ1n) is 8.06. The van der Waals surface area contributed by atoms with Crippen LogP contribution in [0.15, 0.2) is 42.5 Å². The maximum absolute atomic E-state index is 10.0. The van der Waals surface area contributed by atoms with Gasteiger partial charge in [-0.2, -0.15) is 0 Å². The number of rotatable bonds is 2. The van der Waals surface area contributed by atoms with Crippen molar-refractivity contribution in [2.24, 2.45) is 0 Å². The standard InChI is InChI=1S/C18H17N5O/c24-18-13-6-3-7-14-16(13)17(21-22-18)20-15(19-14)10-23-8-11-4-1-2-5-12(11)9-23/h1-7,18,22,24H,8-10H2,(H,19,20,21). The largest absolute Gasteiger partial charge is 0.373 e. The first-order chi connectivity index (χ1) is 11.8. The summed E-state index contributed by atoms with van der Waals surface area (Å²) >= 11 is 0. The Morgan fingerprint density at radius 3 is 2.62 bits per heavy atom. The molecule has 0 bridgehead atoms. The van der Waals surface area contributed by atoms with Gasteiger partial charge in [-0.15, -0.1) is 0 Å². The Morgan fingerprint density at radius 2 is 1.83 bits per heavy atom. The molecule has 3 N–H and O–H groups in total. The van der Waals surface area contributed by atoms with E-state index < -0.39 is 6.23 Å². The second-order valence-electron chi connectivity index (χ2n) is 6.32. The second kappa shape index (κ2) is 5.24. The SMILES string of the molecule is OC1NNc2nc(CN3Cc4ccccc4C3)nc3cccc1c23. The number of fused-ring (bicyclic) bond motifs is 1. The van der Waals surface area contributed by atoms with Gasteiger partial charge in [-0.05, 0) is 17.2 Å². The zero-order valence-electron chi connectivity index (χ0n) is 13.0. The summed E-state index contributed by atoms with van der Waals surface area (Å²) in [5.41, 5.74) is 10.2. The van der Waals surface area contributed by atoms with Crippen molar-refractivity contribution in [2.45, 2.75) is 25.9 Å². The van der Waals surface area contributed by atoms with E-state index in [1.165, 1.54) is 11.1 Å². The summed E-state index contributed by atoms with van der Waals surface area (Å²) in [7, 11) is 0. The first kappa shape index (κ1) is 13.9. The van der Waals surface area contributed by atoms with Crippen LogP contribution in [0.4, 0.5) is 5.82 Å². The van der Waals surface area contributed by atoms with Crippen molar-refractivity contribution in [3.63, 3.8) is 0 Å². The lowest BCUT2D eigenvalue weighted by atomic mass is 10.1. The van der Waals surface area contributed by atoms with E-state index in [9.17, 15) is 5.11 Å². The fourth-order valence-corrected chi connectivity index (χ4v) is 3.58. The molecule has 120 valence electrons. The monoisotopic (exact) mass is 319 g/mol. The minimum atomic E-state index is -0.747. The van der Waals surface area contributed by atoms with E-state index in [1.54, 1.807) is 0 Å². The van der Waals surface area contributed by atoms with Crippen molar-refractivity contribution in [3.8, 4) is 0 Å². The van der Waals surface area contributed by atoms with Crippen molar-refractivity contribution < 1.29 is 5.11 Å². The topological polar surface area (TPSA) is 73.3 Å². The molecular formula is C18H17N5O. The molecule has 0 amide bonds. The summed E-state index contributed by atoms with van der Waals surface area (Å²) in [6.45, 7) is 2.56. The third kappa shape index (κ3) is 2.16. The minimum Gasteiger partial charge on any atom is -0.373 e. The number of hydrazine groups is 1. The number of aromatic nitrogens is 2. The fourth-order valence-electron chi connectivity index (χ4n) is 3.58. The highest BCUT2D eigenvalue weighted by Crippen LogP contribution is 2.31. The number of nitrogens with zero attached hydrogens (tertiary/aromatic N) is 3. The molecule has 0 saturated carbocycles. The maximum atomic E-state index is 10.0. The van der Waals surface area contributed by atoms with Gasteiger partial charge in [-0.3, -0.25) is 4.90 Å². The summed E-state index contributed by atoms with van der Waals surface area (Å²) in [5, 5.41) is 10.9. The van der Waals surface area contributed by atoms with Crippen LogP contribution in [0, 0.1) is 0 Å². The lowest BCUT2D eigenvalue weighted by Crippen LogP contribution is -2.32. The fraction of sp³-hybridized carbons (Fsp3) is 0.222. The number of nitrogens with one attached hydrogen (secondary N) is 2. The zero-order valence-corrected chi connectivity index (χ0v) is 13.0. The Bertz CT molecular complexity index is 917. The van der Waals surface area contributed by atoms with Crippen molar-refractivity contribution in [3.05, 3.63) is 65.0 Å². The van der Waals surface area contributed by atoms with Crippen molar-refractivity contribution >= 4 is 16.7 Å². The smallest absolute Gasteiger partial charge is 0.152 e. The zero-order chi connectivity index (χ0) is 16.1. The Labute approximate surface area is 139 Å². The molecule has 24 heavy (non-hydrogen) atoms. The highest BCUT2D eigenvalue weighted by Gasteiger charge is 2.23. The summed E-state index contributed by atoms with van der Waals surface area (Å²) in [4.78, 5) is 11.7. The summed E-state index contributed by atoms with van der Waals surface area (Å²) in [5.74, 6) is 1.51. The van der Waals surface area contributed by atoms with Crippen LogP contribution in [0.3, 0.4) is 0 Å². The van der Waals surface area contributed by atoms with E-state index in [0.717, 1.165) is 41.2 Å². The normalized spacial score (nSPS) is 19.3. The van der Waals surface area contributed by atoms with Gasteiger partial charge in [0, 0.05) is 18.7 Å². The van der Waals surface area contributed by atoms with Gasteiger partial charge >= 0.3 is 0 Å². The number of hydrogen-bond donors (Lipinski definition) is 3. The van der Waals surface area contributed by atoms with Gasteiger partial charge < -0.3 is 10.5 Å². The second-order valence-corrected chi connectivity index (χ2v) is 6.32. The van der Waals surface area contributed by atoms with E-state index in [2.05, 4.69) is 45.0 Å². The van der Waals surface area contributed by atoms with Gasteiger partial charge in [0.15, 0.2) is 5.82 Å². The molecule has 2 aliphatic heterocycles. The van der Waals surface area contributed by atoms with E-state index in [-0.39, 0.29) is 0 Å². The molecule has 0 saturated heterocycles. The molecule has 3 heterocycles. The van der Waals surface area contributed by atoms with E-state index in [1.807, 2.05) is 18.2 Å². The van der Waals surface area contributed by atoms with Crippen LogP contribution >= 0.6 is 0 Å². The lowest BCUT2D eigenvalue weighted by molar-refractivity contribution is 0.148. The molecule has 1 unspecified atom stereocenters. The molecule has 3 aromatic rings. The first-order valence-corrected chi connectivity index (χ1v) is 8.06. The summed E-state index contributed by atoms with van der Waals surface area (Å²) in [6, 6.07) is 14.3. The van der Waals surface area contributed by atoms with Crippen molar-refractivity contribution in [2.75, 3.05) is 5.43 Å². The molecule has 5 rings (SSSR count). The van der Waals surface area contributed by atoms with Crippen molar-refractivity contribution in [1.82, 2.24) is 20.3 Å². The number of aliphatic hydroxyl groups excluding tert-OH is 1. The molecule has 6 nitrogen and oxygen atoms in total. The Morgan fingerprint density at radius 1 is 1.04 bits per heavy atom. The average molecular weight is 319 g/mol. The number of anilines is 1. The Balaban J connectivity index is 1.49. The third-order valence-corrected chi connectivity index (χ3v) is 4.70. The van der Waals surface area contributed by atoms with E-state index >= 15 is 0 Å². The average Bonchev–Trinajstić information content (AvgIpc) is 3.00. The molecule has 1 aromatic heterocycles. The number of hydrogen-bond acceptors (Lipinski definition) is 6. The number of benzene rings is 2. The molecule has 0 spiro atoms. The quantitative estimate of drug-likeness (QED) is 0.671. The highest BCUT2D eigenvalue weighted by molar-refractivity contribution is 5.93.